The molecule has 0 saturated heterocycles. The number of carbonyl (C=O) groups excluding carboxylic acids is 1. The maximum absolute atomic E-state index is 10.6. The molecule has 0 unspecified atom stereocenters. The van der Waals surface area contributed by atoms with Gasteiger partial charge in [0.25, 0.3) is 0 Å². The SMILES string of the molecule is CC(C)CCCCN(C=O)C(C)C. The van der Waals surface area contributed by atoms with Crippen LogP contribution in [0.4, 0.5) is 0 Å². The highest BCUT2D eigenvalue weighted by Crippen LogP contribution is 2.07. The lowest BCUT2D eigenvalue weighted by Gasteiger charge is -2.21. The average molecular weight is 185 g/mol. The summed E-state index contributed by atoms with van der Waals surface area (Å²) in [7, 11) is 0. The summed E-state index contributed by atoms with van der Waals surface area (Å²) >= 11 is 0. The zero-order chi connectivity index (χ0) is 10.3. The molecule has 0 aromatic rings. The van der Waals surface area contributed by atoms with Crippen molar-refractivity contribution in [1.29, 1.82) is 0 Å². The van der Waals surface area contributed by atoms with Gasteiger partial charge in [-0.1, -0.05) is 26.7 Å². The molecule has 0 spiro atoms. The lowest BCUT2D eigenvalue weighted by molar-refractivity contribution is -0.119. The van der Waals surface area contributed by atoms with Crippen molar-refractivity contribution in [2.45, 2.75) is 53.0 Å². The lowest BCUT2D eigenvalue weighted by Crippen LogP contribution is -2.30. The first-order valence-corrected chi connectivity index (χ1v) is 5.29. The largest absolute Gasteiger partial charge is 0.343 e. The normalized spacial score (nSPS) is 10.9. The number of nitrogens with zero attached hydrogens (tertiary/aromatic N) is 1. The molecule has 0 saturated carbocycles. The maximum Gasteiger partial charge on any atom is 0.209 e. The van der Waals surface area contributed by atoms with Gasteiger partial charge in [-0.2, -0.15) is 0 Å². The van der Waals surface area contributed by atoms with Gasteiger partial charge >= 0.3 is 0 Å². The van der Waals surface area contributed by atoms with Crippen LogP contribution in [0.2, 0.25) is 0 Å². The van der Waals surface area contributed by atoms with Crippen molar-refractivity contribution in [1.82, 2.24) is 4.90 Å². The molecule has 0 aromatic heterocycles. The Balaban J connectivity index is 3.44. The molecule has 0 N–H and O–H groups in total. The molecule has 0 heterocycles. The zero-order valence-corrected chi connectivity index (χ0v) is 9.42. The van der Waals surface area contributed by atoms with Crippen molar-refractivity contribution in [2.75, 3.05) is 6.54 Å². The molecule has 0 aliphatic rings. The molecule has 78 valence electrons. The van der Waals surface area contributed by atoms with Crippen LogP contribution in [0.3, 0.4) is 0 Å². The number of amides is 1. The van der Waals surface area contributed by atoms with E-state index in [0.717, 1.165) is 25.3 Å². The van der Waals surface area contributed by atoms with Crippen LogP contribution in [0.25, 0.3) is 0 Å². The van der Waals surface area contributed by atoms with Crippen molar-refractivity contribution in [3.8, 4) is 0 Å². The van der Waals surface area contributed by atoms with Gasteiger partial charge in [-0.15, -0.1) is 0 Å². The van der Waals surface area contributed by atoms with Crippen LogP contribution in [0.1, 0.15) is 47.0 Å². The van der Waals surface area contributed by atoms with Crippen molar-refractivity contribution in [3.63, 3.8) is 0 Å². The van der Waals surface area contributed by atoms with Gasteiger partial charge in [0.2, 0.25) is 6.41 Å². The molecule has 0 atom stereocenters. The van der Waals surface area contributed by atoms with E-state index in [1.807, 2.05) is 4.90 Å². The second-order valence-electron chi connectivity index (χ2n) is 4.33. The van der Waals surface area contributed by atoms with Gasteiger partial charge in [0.1, 0.15) is 0 Å². The molecule has 0 bridgehead atoms. The van der Waals surface area contributed by atoms with Crippen LogP contribution in [0, 0.1) is 5.92 Å². The fourth-order valence-corrected chi connectivity index (χ4v) is 1.28. The Labute approximate surface area is 82.3 Å². The summed E-state index contributed by atoms with van der Waals surface area (Å²) in [6.07, 6.45) is 4.59. The van der Waals surface area contributed by atoms with E-state index in [1.165, 1.54) is 12.8 Å². The minimum absolute atomic E-state index is 0.344. The van der Waals surface area contributed by atoms with Gasteiger partial charge in [0.15, 0.2) is 0 Å². The third-order valence-electron chi connectivity index (χ3n) is 2.25. The molecule has 2 nitrogen and oxygen atoms in total. The van der Waals surface area contributed by atoms with E-state index < -0.39 is 0 Å². The number of hydrogen-bond donors (Lipinski definition) is 0. The van der Waals surface area contributed by atoms with E-state index in [-0.39, 0.29) is 0 Å². The number of carbonyl (C=O) groups is 1. The Hall–Kier alpha value is -0.530. The van der Waals surface area contributed by atoms with Crippen molar-refractivity contribution in [3.05, 3.63) is 0 Å². The minimum Gasteiger partial charge on any atom is -0.343 e. The fourth-order valence-electron chi connectivity index (χ4n) is 1.28. The molecule has 0 fully saturated rings. The minimum atomic E-state index is 0.344. The lowest BCUT2D eigenvalue weighted by atomic mass is 10.1. The Kier molecular flexibility index (Phi) is 6.65. The average Bonchev–Trinajstić information content (AvgIpc) is 2.03. The molecule has 0 rings (SSSR count). The molecule has 1 amide bonds. The third-order valence-corrected chi connectivity index (χ3v) is 2.25. The molecule has 0 aliphatic heterocycles. The topological polar surface area (TPSA) is 20.3 Å². The predicted molar refractivity (Wildman–Crippen MR) is 56.6 cm³/mol. The Morgan fingerprint density at radius 2 is 1.77 bits per heavy atom. The fraction of sp³-hybridized carbons (Fsp3) is 0.909. The van der Waals surface area contributed by atoms with Crippen LogP contribution in [0.5, 0.6) is 0 Å². The van der Waals surface area contributed by atoms with Crippen LogP contribution >= 0.6 is 0 Å². The first kappa shape index (κ1) is 12.5. The van der Waals surface area contributed by atoms with Crippen molar-refractivity contribution >= 4 is 6.41 Å². The molecule has 0 aliphatic carbocycles. The second kappa shape index (κ2) is 6.93. The van der Waals surface area contributed by atoms with E-state index in [1.54, 1.807) is 0 Å². The van der Waals surface area contributed by atoms with Gasteiger partial charge < -0.3 is 4.90 Å². The van der Waals surface area contributed by atoms with Gasteiger partial charge in [-0.3, -0.25) is 4.79 Å². The summed E-state index contributed by atoms with van der Waals surface area (Å²) in [6.45, 7) is 9.49. The van der Waals surface area contributed by atoms with Gasteiger partial charge in [0, 0.05) is 12.6 Å². The number of unbranched alkanes of at least 4 members (excludes halogenated alkanes) is 1. The second-order valence-corrected chi connectivity index (χ2v) is 4.33. The predicted octanol–water partition coefficient (Wildman–Crippen LogP) is 2.68. The third kappa shape index (κ3) is 6.62. The smallest absolute Gasteiger partial charge is 0.209 e. The quantitative estimate of drug-likeness (QED) is 0.441. The molecule has 0 aromatic carbocycles. The number of rotatable bonds is 7. The number of hydrogen-bond acceptors (Lipinski definition) is 1. The zero-order valence-electron chi connectivity index (χ0n) is 9.42. The molecular formula is C11H23NO. The monoisotopic (exact) mass is 185 g/mol. The van der Waals surface area contributed by atoms with Crippen LogP contribution in [-0.2, 0) is 4.79 Å². The Morgan fingerprint density at radius 3 is 2.15 bits per heavy atom. The van der Waals surface area contributed by atoms with Crippen molar-refractivity contribution < 1.29 is 4.79 Å². The summed E-state index contributed by atoms with van der Waals surface area (Å²) in [5, 5.41) is 0. The summed E-state index contributed by atoms with van der Waals surface area (Å²) in [4.78, 5) is 12.5. The van der Waals surface area contributed by atoms with Crippen molar-refractivity contribution in [2.24, 2.45) is 5.92 Å². The van der Waals surface area contributed by atoms with E-state index >= 15 is 0 Å². The summed E-state index contributed by atoms with van der Waals surface area (Å²) in [5.41, 5.74) is 0. The summed E-state index contributed by atoms with van der Waals surface area (Å²) in [5.74, 6) is 0.781. The van der Waals surface area contributed by atoms with Gasteiger partial charge in [-0.05, 0) is 26.2 Å². The highest BCUT2D eigenvalue weighted by molar-refractivity contribution is 5.47. The van der Waals surface area contributed by atoms with E-state index in [4.69, 9.17) is 0 Å². The first-order chi connectivity index (χ1) is 6.07. The molecule has 13 heavy (non-hydrogen) atoms. The Bertz CT molecular complexity index is 132. The maximum atomic E-state index is 10.6. The van der Waals surface area contributed by atoms with E-state index in [9.17, 15) is 4.79 Å². The molecule has 2 heteroatoms. The van der Waals surface area contributed by atoms with Gasteiger partial charge in [0.05, 0.1) is 0 Å². The Morgan fingerprint density at radius 1 is 1.15 bits per heavy atom. The van der Waals surface area contributed by atoms with E-state index in [2.05, 4.69) is 27.7 Å². The van der Waals surface area contributed by atoms with Gasteiger partial charge in [-0.25, -0.2) is 0 Å². The molecular weight excluding hydrogens is 162 g/mol. The standard InChI is InChI=1S/C11H23NO/c1-10(2)7-5-6-8-12(9-13)11(3)4/h9-11H,5-8H2,1-4H3. The summed E-state index contributed by atoms with van der Waals surface area (Å²) < 4.78 is 0. The van der Waals surface area contributed by atoms with Crippen LogP contribution in [0.15, 0.2) is 0 Å². The van der Waals surface area contributed by atoms with Crippen LogP contribution in [-0.4, -0.2) is 23.9 Å². The highest BCUT2D eigenvalue weighted by Gasteiger charge is 2.04. The summed E-state index contributed by atoms with van der Waals surface area (Å²) in [6, 6.07) is 0.344. The van der Waals surface area contributed by atoms with E-state index in [0.29, 0.717) is 6.04 Å². The highest BCUT2D eigenvalue weighted by atomic mass is 16.1. The van der Waals surface area contributed by atoms with Crippen LogP contribution < -0.4 is 0 Å². The first-order valence-electron chi connectivity index (χ1n) is 5.29. The molecule has 0 radical (unpaired) electrons.